The molecular weight excluding hydrogens is 285 g/mol. The molecule has 0 aliphatic heterocycles. The normalized spacial score (nSPS) is 13.4. The third-order valence-electron chi connectivity index (χ3n) is 3.10. The predicted molar refractivity (Wildman–Crippen MR) is 79.9 cm³/mol. The lowest BCUT2D eigenvalue weighted by Gasteiger charge is -2.25. The number of ketones is 1. The number of rotatable bonds is 5. The Balaban J connectivity index is 2.95. The first kappa shape index (κ1) is 16.3. The molecule has 1 aromatic carbocycles. The van der Waals surface area contributed by atoms with E-state index in [0.717, 1.165) is 0 Å². The second kappa shape index (κ2) is 6.12. The Morgan fingerprint density at radius 2 is 1.84 bits per heavy atom. The molecule has 19 heavy (non-hydrogen) atoms. The zero-order chi connectivity index (χ0) is 14.8. The van der Waals surface area contributed by atoms with Crippen molar-refractivity contribution < 1.29 is 9.90 Å². The summed E-state index contributed by atoms with van der Waals surface area (Å²) in [5.74, 6) is -0.275. The molecule has 0 saturated carbocycles. The fourth-order valence-corrected chi connectivity index (χ4v) is 2.48. The van der Waals surface area contributed by atoms with E-state index in [1.807, 2.05) is 20.8 Å². The van der Waals surface area contributed by atoms with Crippen LogP contribution < -0.4 is 5.73 Å². The SMILES string of the molecule is CC(CC(C)(C)CO)C(=O)c1cc(Cl)c(N)c(Cl)c1. The van der Waals surface area contributed by atoms with E-state index in [4.69, 9.17) is 28.9 Å². The first-order valence-electron chi connectivity index (χ1n) is 6.07. The van der Waals surface area contributed by atoms with Crippen LogP contribution in [0.2, 0.25) is 10.0 Å². The second-order valence-corrected chi connectivity index (χ2v) is 6.46. The summed E-state index contributed by atoms with van der Waals surface area (Å²) in [7, 11) is 0. The molecule has 3 N–H and O–H groups in total. The molecule has 0 radical (unpaired) electrons. The highest BCUT2D eigenvalue weighted by Crippen LogP contribution is 2.32. The zero-order valence-corrected chi connectivity index (χ0v) is 12.8. The standard InChI is InChI=1S/C14H19Cl2NO2/c1-8(6-14(2,3)7-18)13(19)9-4-10(15)12(17)11(16)5-9/h4-5,8,18H,6-7,17H2,1-3H3. The summed E-state index contributed by atoms with van der Waals surface area (Å²) in [4.78, 5) is 12.3. The first-order chi connectivity index (χ1) is 8.68. The third kappa shape index (κ3) is 4.10. The van der Waals surface area contributed by atoms with E-state index >= 15 is 0 Å². The summed E-state index contributed by atoms with van der Waals surface area (Å²) in [6.45, 7) is 5.70. The topological polar surface area (TPSA) is 63.3 Å². The van der Waals surface area contributed by atoms with Crippen molar-refractivity contribution in [3.63, 3.8) is 0 Å². The molecule has 0 fully saturated rings. The molecule has 1 rings (SSSR count). The number of aliphatic hydroxyl groups is 1. The summed E-state index contributed by atoms with van der Waals surface area (Å²) in [5.41, 5.74) is 6.08. The van der Waals surface area contributed by atoms with Crippen LogP contribution in [0.4, 0.5) is 5.69 Å². The maximum absolute atomic E-state index is 12.3. The van der Waals surface area contributed by atoms with E-state index in [-0.39, 0.29) is 39.5 Å². The van der Waals surface area contributed by atoms with Gasteiger partial charge in [0, 0.05) is 18.1 Å². The van der Waals surface area contributed by atoms with Gasteiger partial charge in [0.05, 0.1) is 15.7 Å². The summed E-state index contributed by atoms with van der Waals surface area (Å²) in [6, 6.07) is 3.07. The summed E-state index contributed by atoms with van der Waals surface area (Å²) in [5, 5.41) is 9.81. The molecule has 1 unspecified atom stereocenters. The van der Waals surface area contributed by atoms with Crippen LogP contribution in [0.25, 0.3) is 0 Å². The minimum Gasteiger partial charge on any atom is -0.396 e. The van der Waals surface area contributed by atoms with Gasteiger partial charge in [-0.05, 0) is 24.0 Å². The first-order valence-corrected chi connectivity index (χ1v) is 6.83. The molecule has 1 aromatic rings. The number of halogens is 2. The van der Waals surface area contributed by atoms with E-state index in [1.165, 1.54) is 12.1 Å². The van der Waals surface area contributed by atoms with E-state index in [1.54, 1.807) is 0 Å². The van der Waals surface area contributed by atoms with Gasteiger partial charge in [-0.25, -0.2) is 0 Å². The van der Waals surface area contributed by atoms with E-state index in [0.29, 0.717) is 12.0 Å². The van der Waals surface area contributed by atoms with Gasteiger partial charge in [0.25, 0.3) is 0 Å². The van der Waals surface area contributed by atoms with Gasteiger partial charge in [-0.2, -0.15) is 0 Å². The molecule has 0 aliphatic rings. The molecule has 106 valence electrons. The minimum absolute atomic E-state index is 0.0356. The van der Waals surface area contributed by atoms with E-state index in [9.17, 15) is 9.90 Å². The highest BCUT2D eigenvalue weighted by atomic mass is 35.5. The largest absolute Gasteiger partial charge is 0.396 e. The van der Waals surface area contributed by atoms with Crippen molar-refractivity contribution in [1.82, 2.24) is 0 Å². The third-order valence-corrected chi connectivity index (χ3v) is 3.72. The molecule has 0 aromatic heterocycles. The zero-order valence-electron chi connectivity index (χ0n) is 11.3. The van der Waals surface area contributed by atoms with Crippen molar-refractivity contribution in [2.24, 2.45) is 11.3 Å². The van der Waals surface area contributed by atoms with Gasteiger partial charge >= 0.3 is 0 Å². The molecule has 5 heteroatoms. The van der Waals surface area contributed by atoms with Crippen LogP contribution in [0.15, 0.2) is 12.1 Å². The van der Waals surface area contributed by atoms with Crippen LogP contribution in [0.5, 0.6) is 0 Å². The number of aliphatic hydroxyl groups excluding tert-OH is 1. The molecule has 0 amide bonds. The number of hydrogen-bond acceptors (Lipinski definition) is 3. The summed E-state index contributed by atoms with van der Waals surface area (Å²) in [6.07, 6.45) is 0.585. The Kier molecular flexibility index (Phi) is 5.25. The van der Waals surface area contributed by atoms with Gasteiger partial charge < -0.3 is 10.8 Å². The number of nitrogen functional groups attached to an aromatic ring is 1. The highest BCUT2D eigenvalue weighted by Gasteiger charge is 2.25. The molecule has 1 atom stereocenters. The molecule has 0 bridgehead atoms. The molecule has 0 aliphatic carbocycles. The molecule has 0 heterocycles. The van der Waals surface area contributed by atoms with Gasteiger partial charge in [0.1, 0.15) is 0 Å². The summed E-state index contributed by atoms with van der Waals surface area (Å²) >= 11 is 11.9. The Hall–Kier alpha value is -0.770. The highest BCUT2D eigenvalue weighted by molar-refractivity contribution is 6.39. The van der Waals surface area contributed by atoms with E-state index < -0.39 is 0 Å². The van der Waals surface area contributed by atoms with Crippen LogP contribution in [0.3, 0.4) is 0 Å². The van der Waals surface area contributed by atoms with Crippen molar-refractivity contribution >= 4 is 34.7 Å². The van der Waals surface area contributed by atoms with Gasteiger partial charge in [-0.1, -0.05) is 44.0 Å². The average Bonchev–Trinajstić information content (AvgIpc) is 2.33. The number of hydrogen-bond donors (Lipinski definition) is 2. The predicted octanol–water partition coefficient (Wildman–Crippen LogP) is 3.80. The van der Waals surface area contributed by atoms with Crippen molar-refractivity contribution in [2.45, 2.75) is 27.2 Å². The maximum atomic E-state index is 12.3. The number of Topliss-reactive ketones (excluding diaryl/α,β-unsaturated/α-hetero) is 1. The Labute approximate surface area is 123 Å². The van der Waals surface area contributed by atoms with Crippen molar-refractivity contribution in [3.05, 3.63) is 27.7 Å². The van der Waals surface area contributed by atoms with Gasteiger partial charge in [0.15, 0.2) is 5.78 Å². The second-order valence-electron chi connectivity index (χ2n) is 5.65. The fourth-order valence-electron chi connectivity index (χ4n) is 2.00. The molecular formula is C14H19Cl2NO2. The lowest BCUT2D eigenvalue weighted by atomic mass is 9.81. The minimum atomic E-state index is -0.295. The quantitative estimate of drug-likeness (QED) is 0.642. The van der Waals surface area contributed by atoms with Crippen molar-refractivity contribution in [1.29, 1.82) is 0 Å². The van der Waals surface area contributed by atoms with Gasteiger partial charge in [0.2, 0.25) is 0 Å². The Morgan fingerprint density at radius 3 is 2.26 bits per heavy atom. The van der Waals surface area contributed by atoms with Crippen LogP contribution in [0.1, 0.15) is 37.6 Å². The lowest BCUT2D eigenvalue weighted by Crippen LogP contribution is -2.24. The van der Waals surface area contributed by atoms with Crippen LogP contribution >= 0.6 is 23.2 Å². The van der Waals surface area contributed by atoms with Crippen LogP contribution in [-0.4, -0.2) is 17.5 Å². The van der Waals surface area contributed by atoms with Crippen molar-refractivity contribution in [2.75, 3.05) is 12.3 Å². The monoisotopic (exact) mass is 303 g/mol. The lowest BCUT2D eigenvalue weighted by molar-refractivity contribution is 0.0838. The van der Waals surface area contributed by atoms with Crippen molar-refractivity contribution in [3.8, 4) is 0 Å². The van der Waals surface area contributed by atoms with Gasteiger partial charge in [-0.15, -0.1) is 0 Å². The number of nitrogens with two attached hydrogens (primary N) is 1. The van der Waals surface area contributed by atoms with Gasteiger partial charge in [-0.3, -0.25) is 4.79 Å². The number of carbonyl (C=O) groups is 1. The molecule has 3 nitrogen and oxygen atoms in total. The number of benzene rings is 1. The van der Waals surface area contributed by atoms with Crippen LogP contribution in [-0.2, 0) is 0 Å². The number of carbonyl (C=O) groups excluding carboxylic acids is 1. The molecule has 0 saturated heterocycles. The summed E-state index contributed by atoms with van der Waals surface area (Å²) < 4.78 is 0. The van der Waals surface area contributed by atoms with E-state index in [2.05, 4.69) is 0 Å². The maximum Gasteiger partial charge on any atom is 0.165 e. The number of anilines is 1. The average molecular weight is 304 g/mol. The van der Waals surface area contributed by atoms with Crippen LogP contribution in [0, 0.1) is 11.3 Å². The smallest absolute Gasteiger partial charge is 0.165 e. The Bertz CT molecular complexity index is 463. The Morgan fingerprint density at radius 1 is 1.37 bits per heavy atom. The molecule has 0 spiro atoms. The fraction of sp³-hybridized carbons (Fsp3) is 0.500.